The van der Waals surface area contributed by atoms with Gasteiger partial charge in [-0.25, -0.2) is 4.79 Å². The van der Waals surface area contributed by atoms with Crippen LogP contribution in [0, 0.1) is 5.41 Å². The summed E-state index contributed by atoms with van der Waals surface area (Å²) in [5.74, 6) is -0.750. The third-order valence-electron chi connectivity index (χ3n) is 0.680. The third-order valence-corrected chi connectivity index (χ3v) is 0.680. The Morgan fingerprint density at radius 2 is 2.33 bits per heavy atom. The van der Waals surface area contributed by atoms with Crippen LogP contribution in [0.25, 0.3) is 0 Å². The number of ether oxygens (including phenoxy) is 1. The van der Waals surface area contributed by atoms with Gasteiger partial charge < -0.3 is 9.84 Å². The van der Waals surface area contributed by atoms with Gasteiger partial charge in [0.05, 0.1) is 13.2 Å². The molecule has 0 aromatic carbocycles. The standard InChI is InChI=1S/C5H9NO3/c1-2-9-5(8)4(6)3-7/h6-7H,2-3H2,1H3. The molecule has 0 aliphatic heterocycles. The lowest BCUT2D eigenvalue weighted by molar-refractivity contribution is -0.135. The van der Waals surface area contributed by atoms with Crippen molar-refractivity contribution in [1.29, 1.82) is 5.41 Å². The van der Waals surface area contributed by atoms with Gasteiger partial charge in [0.2, 0.25) is 0 Å². The summed E-state index contributed by atoms with van der Waals surface area (Å²) in [7, 11) is 0. The Balaban J connectivity index is 3.60. The summed E-state index contributed by atoms with van der Waals surface area (Å²) in [4.78, 5) is 10.4. The summed E-state index contributed by atoms with van der Waals surface area (Å²) in [6.45, 7) is 1.32. The molecule has 0 aliphatic rings. The lowest BCUT2D eigenvalue weighted by Gasteiger charge is -1.97. The third kappa shape index (κ3) is 2.81. The van der Waals surface area contributed by atoms with Crippen LogP contribution in [0.15, 0.2) is 0 Å². The molecule has 0 aromatic heterocycles. The predicted molar refractivity (Wildman–Crippen MR) is 31.4 cm³/mol. The van der Waals surface area contributed by atoms with E-state index in [0.29, 0.717) is 0 Å². The van der Waals surface area contributed by atoms with Crippen LogP contribution in [0.1, 0.15) is 6.92 Å². The Hall–Kier alpha value is -0.900. The molecule has 0 aromatic rings. The molecule has 4 heteroatoms. The summed E-state index contributed by atoms with van der Waals surface area (Å²) < 4.78 is 4.37. The molecular formula is C5H9NO3. The van der Waals surface area contributed by atoms with Crippen molar-refractivity contribution in [2.45, 2.75) is 6.92 Å². The Bertz CT molecular complexity index is 121. The van der Waals surface area contributed by atoms with E-state index >= 15 is 0 Å². The minimum Gasteiger partial charge on any atom is -0.461 e. The van der Waals surface area contributed by atoms with Crippen LogP contribution in [0.2, 0.25) is 0 Å². The van der Waals surface area contributed by atoms with E-state index in [1.807, 2.05) is 0 Å². The Morgan fingerprint density at radius 3 is 2.67 bits per heavy atom. The number of rotatable bonds is 3. The van der Waals surface area contributed by atoms with Gasteiger partial charge in [0.25, 0.3) is 0 Å². The van der Waals surface area contributed by atoms with Gasteiger partial charge in [-0.05, 0) is 6.92 Å². The fourth-order valence-corrected chi connectivity index (χ4v) is 0.283. The minimum absolute atomic E-state index is 0.237. The number of hydrogen-bond acceptors (Lipinski definition) is 4. The molecule has 0 saturated carbocycles. The predicted octanol–water partition coefficient (Wildman–Crippen LogP) is -0.438. The maximum Gasteiger partial charge on any atom is 0.354 e. The molecule has 0 unspecified atom stereocenters. The molecule has 0 heterocycles. The highest BCUT2D eigenvalue weighted by Crippen LogP contribution is 1.79. The molecule has 0 amide bonds. The van der Waals surface area contributed by atoms with Crippen molar-refractivity contribution in [1.82, 2.24) is 0 Å². The molecule has 0 fully saturated rings. The van der Waals surface area contributed by atoms with Crippen molar-refractivity contribution >= 4 is 11.7 Å². The number of carbonyl (C=O) groups is 1. The van der Waals surface area contributed by atoms with Crippen LogP contribution >= 0.6 is 0 Å². The molecule has 0 aliphatic carbocycles. The summed E-state index contributed by atoms with van der Waals surface area (Å²) in [6, 6.07) is 0. The normalized spacial score (nSPS) is 8.67. The number of carbonyl (C=O) groups excluding carboxylic acids is 1. The highest BCUT2D eigenvalue weighted by atomic mass is 16.5. The zero-order valence-electron chi connectivity index (χ0n) is 5.18. The molecule has 2 N–H and O–H groups in total. The zero-order valence-corrected chi connectivity index (χ0v) is 5.18. The lowest BCUT2D eigenvalue weighted by atomic mass is 10.4. The number of aliphatic hydroxyl groups excluding tert-OH is 1. The molecule has 0 rings (SSSR count). The first-order valence-electron chi connectivity index (χ1n) is 2.57. The van der Waals surface area contributed by atoms with Crippen LogP contribution in [-0.2, 0) is 9.53 Å². The van der Waals surface area contributed by atoms with Crippen LogP contribution in [-0.4, -0.2) is 30.0 Å². The highest BCUT2D eigenvalue weighted by molar-refractivity contribution is 6.35. The Labute approximate surface area is 53.0 Å². The first kappa shape index (κ1) is 8.10. The number of hydrogen-bond donors (Lipinski definition) is 2. The quantitative estimate of drug-likeness (QED) is 0.403. The van der Waals surface area contributed by atoms with Gasteiger partial charge in [0.15, 0.2) is 0 Å². The maximum absolute atomic E-state index is 10.4. The van der Waals surface area contributed by atoms with Gasteiger partial charge in [-0.3, -0.25) is 5.41 Å². The van der Waals surface area contributed by atoms with Crippen molar-refractivity contribution in [2.75, 3.05) is 13.2 Å². The second-order valence-electron chi connectivity index (χ2n) is 1.36. The molecule has 0 spiro atoms. The summed E-state index contributed by atoms with van der Waals surface area (Å²) >= 11 is 0. The molecule has 0 bridgehead atoms. The van der Waals surface area contributed by atoms with E-state index < -0.39 is 18.3 Å². The fourth-order valence-electron chi connectivity index (χ4n) is 0.283. The fraction of sp³-hybridized carbons (Fsp3) is 0.600. The number of esters is 1. The van der Waals surface area contributed by atoms with Crippen LogP contribution in [0.4, 0.5) is 0 Å². The smallest absolute Gasteiger partial charge is 0.354 e. The molecule has 9 heavy (non-hydrogen) atoms. The molecule has 0 saturated heterocycles. The van der Waals surface area contributed by atoms with Crippen molar-refractivity contribution in [3.05, 3.63) is 0 Å². The van der Waals surface area contributed by atoms with Crippen LogP contribution in [0.3, 0.4) is 0 Å². The number of aliphatic hydroxyl groups is 1. The van der Waals surface area contributed by atoms with Gasteiger partial charge >= 0.3 is 5.97 Å². The zero-order chi connectivity index (χ0) is 7.28. The SMILES string of the molecule is CCOC(=O)C(=N)CO. The summed E-state index contributed by atoms with van der Waals surface area (Å²) in [5.41, 5.74) is -0.406. The Kier molecular flexibility index (Phi) is 3.62. The average molecular weight is 131 g/mol. The molecule has 4 nitrogen and oxygen atoms in total. The first-order valence-corrected chi connectivity index (χ1v) is 2.57. The van der Waals surface area contributed by atoms with Gasteiger partial charge in [-0.1, -0.05) is 0 Å². The second-order valence-corrected chi connectivity index (χ2v) is 1.36. The van der Waals surface area contributed by atoms with Crippen molar-refractivity contribution in [3.8, 4) is 0 Å². The average Bonchev–Trinajstić information content (AvgIpc) is 1.87. The molecular weight excluding hydrogens is 122 g/mol. The van der Waals surface area contributed by atoms with Gasteiger partial charge in [0.1, 0.15) is 5.71 Å². The highest BCUT2D eigenvalue weighted by Gasteiger charge is 2.06. The van der Waals surface area contributed by atoms with E-state index in [1.165, 1.54) is 0 Å². The van der Waals surface area contributed by atoms with Gasteiger partial charge in [0, 0.05) is 0 Å². The monoisotopic (exact) mass is 131 g/mol. The van der Waals surface area contributed by atoms with Gasteiger partial charge in [-0.15, -0.1) is 0 Å². The van der Waals surface area contributed by atoms with Crippen molar-refractivity contribution < 1.29 is 14.6 Å². The molecule has 0 atom stereocenters. The maximum atomic E-state index is 10.4. The van der Waals surface area contributed by atoms with Crippen LogP contribution < -0.4 is 0 Å². The van der Waals surface area contributed by atoms with E-state index in [9.17, 15) is 4.79 Å². The largest absolute Gasteiger partial charge is 0.461 e. The van der Waals surface area contributed by atoms with E-state index in [0.717, 1.165) is 0 Å². The molecule has 52 valence electrons. The topological polar surface area (TPSA) is 70.4 Å². The number of nitrogens with one attached hydrogen (secondary N) is 1. The van der Waals surface area contributed by atoms with Crippen molar-refractivity contribution in [2.24, 2.45) is 0 Å². The summed E-state index contributed by atoms with van der Waals surface area (Å²) in [5, 5.41) is 14.9. The van der Waals surface area contributed by atoms with E-state index in [4.69, 9.17) is 10.5 Å². The van der Waals surface area contributed by atoms with Crippen LogP contribution in [0.5, 0.6) is 0 Å². The van der Waals surface area contributed by atoms with Crippen molar-refractivity contribution in [3.63, 3.8) is 0 Å². The van der Waals surface area contributed by atoms with E-state index in [-0.39, 0.29) is 6.61 Å². The first-order chi connectivity index (χ1) is 4.22. The lowest BCUT2D eigenvalue weighted by Crippen LogP contribution is -2.19. The Morgan fingerprint density at radius 1 is 1.78 bits per heavy atom. The second kappa shape index (κ2) is 4.03. The minimum atomic E-state index is -0.750. The van der Waals surface area contributed by atoms with Gasteiger partial charge in [-0.2, -0.15) is 0 Å². The van der Waals surface area contributed by atoms with E-state index in [1.54, 1.807) is 6.92 Å². The summed E-state index contributed by atoms with van der Waals surface area (Å²) in [6.07, 6.45) is 0. The molecule has 0 radical (unpaired) electrons. The van der Waals surface area contributed by atoms with E-state index in [2.05, 4.69) is 4.74 Å².